The SMILES string of the molecule is CC(Oc1cccc(C(C)(C)C)c1)C(=O)NCCCS(=O)(=O)c1ccccc1. The summed E-state index contributed by atoms with van der Waals surface area (Å²) in [6.07, 6.45) is -0.323. The third-order valence-electron chi connectivity index (χ3n) is 4.37. The number of sulfone groups is 1. The number of rotatable bonds is 8. The Hall–Kier alpha value is -2.34. The molecular formula is C22H29NO4S. The molecule has 152 valence electrons. The molecule has 1 N–H and O–H groups in total. The van der Waals surface area contributed by atoms with Gasteiger partial charge < -0.3 is 10.1 Å². The second-order valence-electron chi connectivity index (χ2n) is 7.81. The van der Waals surface area contributed by atoms with E-state index in [9.17, 15) is 13.2 Å². The van der Waals surface area contributed by atoms with Gasteiger partial charge in [0.05, 0.1) is 10.6 Å². The lowest BCUT2D eigenvalue weighted by molar-refractivity contribution is -0.127. The van der Waals surface area contributed by atoms with Crippen molar-refractivity contribution in [3.8, 4) is 5.75 Å². The van der Waals surface area contributed by atoms with Crippen molar-refractivity contribution in [2.24, 2.45) is 0 Å². The Morgan fingerprint density at radius 3 is 2.39 bits per heavy atom. The predicted octanol–water partition coefficient (Wildman–Crippen LogP) is 3.73. The zero-order valence-corrected chi connectivity index (χ0v) is 17.8. The van der Waals surface area contributed by atoms with Crippen LogP contribution in [0.5, 0.6) is 5.75 Å². The highest BCUT2D eigenvalue weighted by Crippen LogP contribution is 2.26. The maximum absolute atomic E-state index is 12.2. The standard InChI is InChI=1S/C22H29NO4S/c1-17(27-19-11-8-10-18(16-19)22(2,3)4)21(24)23-14-9-15-28(25,26)20-12-6-5-7-13-20/h5-8,10-13,16-17H,9,14-15H2,1-4H3,(H,23,24). The number of hydrogen-bond acceptors (Lipinski definition) is 4. The van der Waals surface area contributed by atoms with Crippen LogP contribution in [0.1, 0.15) is 39.7 Å². The van der Waals surface area contributed by atoms with Crippen LogP contribution >= 0.6 is 0 Å². The third kappa shape index (κ3) is 6.37. The lowest BCUT2D eigenvalue weighted by Gasteiger charge is -2.21. The van der Waals surface area contributed by atoms with E-state index in [2.05, 4.69) is 26.1 Å². The van der Waals surface area contributed by atoms with Crippen molar-refractivity contribution in [2.75, 3.05) is 12.3 Å². The van der Waals surface area contributed by atoms with Crippen LogP contribution in [-0.2, 0) is 20.0 Å². The fourth-order valence-corrected chi connectivity index (χ4v) is 3.99. The molecule has 0 aromatic heterocycles. The summed E-state index contributed by atoms with van der Waals surface area (Å²) in [6, 6.07) is 16.0. The van der Waals surface area contributed by atoms with E-state index in [1.807, 2.05) is 24.3 Å². The van der Waals surface area contributed by atoms with Crippen LogP contribution in [0.4, 0.5) is 0 Å². The molecule has 0 radical (unpaired) electrons. The van der Waals surface area contributed by atoms with Crippen molar-refractivity contribution >= 4 is 15.7 Å². The van der Waals surface area contributed by atoms with Crippen LogP contribution in [-0.4, -0.2) is 32.7 Å². The van der Waals surface area contributed by atoms with Crippen LogP contribution in [0.25, 0.3) is 0 Å². The Bertz CT molecular complexity index is 886. The van der Waals surface area contributed by atoms with Gasteiger partial charge in [0.25, 0.3) is 5.91 Å². The van der Waals surface area contributed by atoms with Gasteiger partial charge in [0, 0.05) is 6.54 Å². The highest BCUT2D eigenvalue weighted by molar-refractivity contribution is 7.91. The molecule has 0 spiro atoms. The van der Waals surface area contributed by atoms with Gasteiger partial charge in [-0.15, -0.1) is 0 Å². The van der Waals surface area contributed by atoms with Crippen molar-refractivity contribution in [3.05, 3.63) is 60.2 Å². The molecule has 0 aliphatic carbocycles. The molecule has 0 aliphatic heterocycles. The maximum atomic E-state index is 12.2. The second-order valence-corrected chi connectivity index (χ2v) is 9.92. The molecule has 1 unspecified atom stereocenters. The minimum atomic E-state index is -3.33. The van der Waals surface area contributed by atoms with Crippen molar-refractivity contribution in [1.29, 1.82) is 0 Å². The molecule has 0 fully saturated rings. The molecular weight excluding hydrogens is 374 g/mol. The largest absolute Gasteiger partial charge is 0.481 e. The summed E-state index contributed by atoms with van der Waals surface area (Å²) >= 11 is 0. The summed E-state index contributed by atoms with van der Waals surface area (Å²) in [7, 11) is -3.33. The first-order chi connectivity index (χ1) is 13.1. The van der Waals surface area contributed by atoms with Gasteiger partial charge in [-0.2, -0.15) is 0 Å². The summed E-state index contributed by atoms with van der Waals surface area (Å²) in [5, 5.41) is 2.74. The lowest BCUT2D eigenvalue weighted by Crippen LogP contribution is -2.37. The molecule has 2 rings (SSSR count). The van der Waals surface area contributed by atoms with Crippen molar-refractivity contribution < 1.29 is 17.9 Å². The van der Waals surface area contributed by atoms with Crippen LogP contribution in [0.3, 0.4) is 0 Å². The van der Waals surface area contributed by atoms with E-state index in [0.717, 1.165) is 5.56 Å². The molecule has 2 aromatic carbocycles. The van der Waals surface area contributed by atoms with E-state index >= 15 is 0 Å². The monoisotopic (exact) mass is 403 g/mol. The van der Waals surface area contributed by atoms with Gasteiger partial charge in [0.1, 0.15) is 5.75 Å². The van der Waals surface area contributed by atoms with Crippen LogP contribution in [0, 0.1) is 0 Å². The number of benzene rings is 2. The molecule has 1 atom stereocenters. The normalized spacial score (nSPS) is 13.0. The first kappa shape index (κ1) is 22.0. The number of carbonyl (C=O) groups excluding carboxylic acids is 1. The Kier molecular flexibility index (Phi) is 7.24. The Labute approximate surface area is 168 Å². The Balaban J connectivity index is 1.82. The van der Waals surface area contributed by atoms with Gasteiger partial charge in [-0.05, 0) is 48.6 Å². The molecule has 1 amide bonds. The second kappa shape index (κ2) is 9.24. The molecule has 2 aromatic rings. The maximum Gasteiger partial charge on any atom is 0.260 e. The van der Waals surface area contributed by atoms with E-state index in [-0.39, 0.29) is 23.6 Å². The predicted molar refractivity (Wildman–Crippen MR) is 111 cm³/mol. The molecule has 0 saturated heterocycles. The average Bonchev–Trinajstić information content (AvgIpc) is 2.65. The lowest BCUT2D eigenvalue weighted by atomic mass is 9.87. The molecule has 28 heavy (non-hydrogen) atoms. The smallest absolute Gasteiger partial charge is 0.260 e. The molecule has 0 saturated carbocycles. The fourth-order valence-electron chi connectivity index (χ4n) is 2.66. The van der Waals surface area contributed by atoms with E-state index in [0.29, 0.717) is 17.1 Å². The van der Waals surface area contributed by atoms with E-state index in [4.69, 9.17) is 4.74 Å². The van der Waals surface area contributed by atoms with Crippen LogP contribution in [0.2, 0.25) is 0 Å². The van der Waals surface area contributed by atoms with Gasteiger partial charge in [-0.1, -0.05) is 51.1 Å². The quantitative estimate of drug-likeness (QED) is 0.682. The summed E-state index contributed by atoms with van der Waals surface area (Å²) < 4.78 is 30.2. The van der Waals surface area contributed by atoms with Crippen LogP contribution < -0.4 is 10.1 Å². The molecule has 5 nitrogen and oxygen atoms in total. The summed E-state index contributed by atoms with van der Waals surface area (Å²) in [5.74, 6) is 0.361. The minimum Gasteiger partial charge on any atom is -0.481 e. The molecule has 6 heteroatoms. The zero-order valence-electron chi connectivity index (χ0n) is 16.9. The molecule has 0 heterocycles. The fraction of sp³-hybridized carbons (Fsp3) is 0.409. The Morgan fingerprint density at radius 1 is 1.07 bits per heavy atom. The van der Waals surface area contributed by atoms with E-state index in [1.54, 1.807) is 37.3 Å². The molecule has 0 bridgehead atoms. The first-order valence-corrected chi connectivity index (χ1v) is 11.1. The van der Waals surface area contributed by atoms with Crippen molar-refractivity contribution in [2.45, 2.75) is 50.5 Å². The minimum absolute atomic E-state index is 0.00485. The van der Waals surface area contributed by atoms with Gasteiger partial charge in [-0.25, -0.2) is 8.42 Å². The topological polar surface area (TPSA) is 72.5 Å². The van der Waals surface area contributed by atoms with Gasteiger partial charge in [0.15, 0.2) is 15.9 Å². The van der Waals surface area contributed by atoms with Crippen LogP contribution in [0.15, 0.2) is 59.5 Å². The summed E-state index contributed by atoms with van der Waals surface area (Å²) in [4.78, 5) is 12.5. The van der Waals surface area contributed by atoms with E-state index in [1.165, 1.54) is 0 Å². The van der Waals surface area contributed by atoms with Gasteiger partial charge in [0.2, 0.25) is 0 Å². The number of hydrogen-bond donors (Lipinski definition) is 1. The Morgan fingerprint density at radius 2 is 1.75 bits per heavy atom. The number of amides is 1. The number of nitrogens with one attached hydrogen (secondary N) is 1. The molecule has 0 aliphatic rings. The third-order valence-corrected chi connectivity index (χ3v) is 6.19. The number of ether oxygens (including phenoxy) is 1. The van der Waals surface area contributed by atoms with Crippen molar-refractivity contribution in [3.63, 3.8) is 0 Å². The van der Waals surface area contributed by atoms with Gasteiger partial charge in [-0.3, -0.25) is 4.79 Å². The highest BCUT2D eigenvalue weighted by atomic mass is 32.2. The highest BCUT2D eigenvalue weighted by Gasteiger charge is 2.18. The van der Waals surface area contributed by atoms with Gasteiger partial charge >= 0.3 is 0 Å². The zero-order chi connectivity index (χ0) is 20.8. The summed E-state index contributed by atoms with van der Waals surface area (Å²) in [6.45, 7) is 8.31. The van der Waals surface area contributed by atoms with Crippen molar-refractivity contribution in [1.82, 2.24) is 5.32 Å². The average molecular weight is 404 g/mol. The number of carbonyl (C=O) groups is 1. The first-order valence-electron chi connectivity index (χ1n) is 9.42. The van der Waals surface area contributed by atoms with E-state index < -0.39 is 15.9 Å². The summed E-state index contributed by atoms with van der Waals surface area (Å²) in [5.41, 5.74) is 1.12.